The van der Waals surface area contributed by atoms with Crippen LogP contribution in [0.2, 0.25) is 0 Å². The fraction of sp³-hybridized carbons (Fsp3) is 0.273. The lowest BCUT2D eigenvalue weighted by Crippen LogP contribution is -2.45. The Kier molecular flexibility index (Phi) is 3.85. The van der Waals surface area contributed by atoms with Crippen LogP contribution in [0.4, 0.5) is 0 Å². The van der Waals surface area contributed by atoms with Crippen molar-refractivity contribution < 1.29 is 19.4 Å². The molecular formula is C22H19N3O5. The lowest BCUT2D eigenvalue weighted by Gasteiger charge is -2.32. The molecule has 1 unspecified atom stereocenters. The Morgan fingerprint density at radius 3 is 2.83 bits per heavy atom. The third-order valence-electron chi connectivity index (χ3n) is 5.87. The molecule has 2 N–H and O–H groups in total. The standard InChI is InChI=1S/C22H19N3O5/c1-3-22(29)15-9-17-18-13(8-12-6-4-5-7-16(12)24-18)19(23-11(2)26)25(17)20(27)14(15)10-30-21(22)28/h4-9,19,29H,3,10H2,1-2H3,(H,23,26)/t19?,22-/m0/s1. The molecule has 1 aromatic carbocycles. The summed E-state index contributed by atoms with van der Waals surface area (Å²) < 4.78 is 6.55. The summed E-state index contributed by atoms with van der Waals surface area (Å²) in [5.41, 5.74) is 0.507. The predicted octanol–water partition coefficient (Wildman–Crippen LogP) is 1.71. The van der Waals surface area contributed by atoms with Gasteiger partial charge in [0.1, 0.15) is 12.8 Å². The number of hydrogen-bond donors (Lipinski definition) is 2. The fourth-order valence-corrected chi connectivity index (χ4v) is 4.33. The molecule has 0 aliphatic carbocycles. The first-order chi connectivity index (χ1) is 14.3. The summed E-state index contributed by atoms with van der Waals surface area (Å²) in [6.07, 6.45) is -0.677. The van der Waals surface area contributed by atoms with Crippen molar-refractivity contribution in [1.82, 2.24) is 14.9 Å². The number of nitrogens with one attached hydrogen (secondary N) is 1. The number of cyclic esters (lactones) is 1. The summed E-state index contributed by atoms with van der Waals surface area (Å²) in [4.78, 5) is 42.4. The second-order valence-electron chi connectivity index (χ2n) is 7.61. The zero-order chi connectivity index (χ0) is 21.2. The number of esters is 1. The van der Waals surface area contributed by atoms with Gasteiger partial charge in [0.2, 0.25) is 5.91 Å². The Hall–Kier alpha value is -3.52. The molecule has 3 aromatic rings. The molecular weight excluding hydrogens is 386 g/mol. The van der Waals surface area contributed by atoms with E-state index in [0.717, 1.165) is 10.9 Å². The van der Waals surface area contributed by atoms with Gasteiger partial charge in [0.15, 0.2) is 5.60 Å². The van der Waals surface area contributed by atoms with E-state index in [1.54, 1.807) is 13.0 Å². The second-order valence-corrected chi connectivity index (χ2v) is 7.61. The maximum Gasteiger partial charge on any atom is 0.343 e. The van der Waals surface area contributed by atoms with E-state index in [0.29, 0.717) is 17.0 Å². The van der Waals surface area contributed by atoms with Gasteiger partial charge in [0.05, 0.1) is 22.5 Å². The van der Waals surface area contributed by atoms with Crippen molar-refractivity contribution in [3.63, 3.8) is 0 Å². The summed E-state index contributed by atoms with van der Waals surface area (Å²) in [5, 5.41) is 14.7. The molecule has 30 heavy (non-hydrogen) atoms. The van der Waals surface area contributed by atoms with Crippen molar-refractivity contribution in [2.24, 2.45) is 0 Å². The largest absolute Gasteiger partial charge is 0.458 e. The van der Waals surface area contributed by atoms with E-state index < -0.39 is 23.3 Å². The van der Waals surface area contributed by atoms with E-state index in [1.807, 2.05) is 30.3 Å². The van der Waals surface area contributed by atoms with Crippen LogP contribution in [0, 0.1) is 0 Å². The SMILES string of the molecule is CC[C@@]1(O)C(=O)OCc2c1cc1n(c2=O)C(NC(C)=O)c2cc3ccccc3nc2-1. The van der Waals surface area contributed by atoms with E-state index in [-0.39, 0.29) is 30.1 Å². The molecule has 0 spiro atoms. The van der Waals surface area contributed by atoms with Gasteiger partial charge < -0.3 is 15.2 Å². The number of nitrogens with zero attached hydrogens (tertiary/aromatic N) is 2. The fourth-order valence-electron chi connectivity index (χ4n) is 4.33. The number of rotatable bonds is 2. The molecule has 2 atom stereocenters. The molecule has 0 saturated carbocycles. The molecule has 2 aromatic heterocycles. The maximum absolute atomic E-state index is 13.5. The molecule has 2 aliphatic heterocycles. The first-order valence-corrected chi connectivity index (χ1v) is 9.71. The first kappa shape index (κ1) is 18.5. The molecule has 0 saturated heterocycles. The topological polar surface area (TPSA) is 111 Å². The van der Waals surface area contributed by atoms with E-state index in [9.17, 15) is 19.5 Å². The zero-order valence-corrected chi connectivity index (χ0v) is 16.4. The predicted molar refractivity (Wildman–Crippen MR) is 107 cm³/mol. The van der Waals surface area contributed by atoms with E-state index in [1.165, 1.54) is 11.5 Å². The van der Waals surface area contributed by atoms with Gasteiger partial charge in [-0.15, -0.1) is 0 Å². The molecule has 5 rings (SSSR count). The molecule has 1 amide bonds. The summed E-state index contributed by atoms with van der Waals surface area (Å²) >= 11 is 0. The minimum atomic E-state index is -1.90. The van der Waals surface area contributed by atoms with Crippen LogP contribution in [0.5, 0.6) is 0 Å². The van der Waals surface area contributed by atoms with Crippen LogP contribution in [-0.2, 0) is 26.5 Å². The average molecular weight is 405 g/mol. The Balaban J connectivity index is 1.86. The van der Waals surface area contributed by atoms with Crippen LogP contribution in [0.25, 0.3) is 22.3 Å². The van der Waals surface area contributed by atoms with Crippen LogP contribution in [-0.4, -0.2) is 26.5 Å². The van der Waals surface area contributed by atoms with Gasteiger partial charge in [-0.05, 0) is 24.6 Å². The highest BCUT2D eigenvalue weighted by Crippen LogP contribution is 2.41. The van der Waals surface area contributed by atoms with E-state index in [2.05, 4.69) is 5.32 Å². The summed E-state index contributed by atoms with van der Waals surface area (Å²) in [7, 11) is 0. The number of pyridine rings is 2. The van der Waals surface area contributed by atoms with Gasteiger partial charge in [0.25, 0.3) is 5.56 Å². The van der Waals surface area contributed by atoms with Gasteiger partial charge in [-0.2, -0.15) is 0 Å². The number of amides is 1. The van der Waals surface area contributed by atoms with Crippen molar-refractivity contribution in [2.45, 2.75) is 38.6 Å². The van der Waals surface area contributed by atoms with E-state index >= 15 is 0 Å². The van der Waals surface area contributed by atoms with Gasteiger partial charge in [-0.25, -0.2) is 9.78 Å². The third kappa shape index (κ3) is 2.37. The first-order valence-electron chi connectivity index (χ1n) is 9.71. The minimum absolute atomic E-state index is 0.0643. The quantitative estimate of drug-likeness (QED) is 0.628. The smallest absolute Gasteiger partial charge is 0.343 e. The van der Waals surface area contributed by atoms with Gasteiger partial charge in [-0.1, -0.05) is 25.1 Å². The third-order valence-corrected chi connectivity index (χ3v) is 5.87. The number of aromatic nitrogens is 2. The van der Waals surface area contributed by atoms with Crippen molar-refractivity contribution in [3.05, 3.63) is 63.4 Å². The van der Waals surface area contributed by atoms with Gasteiger partial charge in [-0.3, -0.25) is 14.2 Å². The number of carbonyl (C=O) groups excluding carboxylic acids is 2. The molecule has 4 heterocycles. The molecule has 8 nitrogen and oxygen atoms in total. The monoisotopic (exact) mass is 405 g/mol. The molecule has 8 heteroatoms. The average Bonchev–Trinajstić information content (AvgIpc) is 3.02. The van der Waals surface area contributed by atoms with Crippen LogP contribution in [0.3, 0.4) is 0 Å². The van der Waals surface area contributed by atoms with Crippen molar-refractivity contribution in [3.8, 4) is 11.4 Å². The van der Waals surface area contributed by atoms with Gasteiger partial charge in [0, 0.05) is 23.4 Å². The number of fused-ring (bicyclic) bond motifs is 5. The number of benzene rings is 1. The van der Waals surface area contributed by atoms with Gasteiger partial charge >= 0.3 is 5.97 Å². The lowest BCUT2D eigenvalue weighted by molar-refractivity contribution is -0.172. The number of ether oxygens (including phenoxy) is 1. The molecule has 152 valence electrons. The molecule has 0 fully saturated rings. The number of hydrogen-bond acceptors (Lipinski definition) is 6. The normalized spacial score (nSPS) is 21.6. The number of para-hydroxylation sites is 1. The summed E-state index contributed by atoms with van der Waals surface area (Å²) in [6, 6.07) is 11.1. The van der Waals surface area contributed by atoms with E-state index in [4.69, 9.17) is 9.72 Å². The van der Waals surface area contributed by atoms with Crippen LogP contribution in [0.15, 0.2) is 41.2 Å². The zero-order valence-electron chi connectivity index (χ0n) is 16.4. The Morgan fingerprint density at radius 2 is 2.10 bits per heavy atom. The molecule has 0 bridgehead atoms. The van der Waals surface area contributed by atoms with Crippen LogP contribution >= 0.6 is 0 Å². The molecule has 2 aliphatic rings. The van der Waals surface area contributed by atoms with Crippen LogP contribution < -0.4 is 10.9 Å². The number of aliphatic hydroxyl groups is 1. The van der Waals surface area contributed by atoms with Crippen LogP contribution in [0.1, 0.15) is 43.1 Å². The maximum atomic E-state index is 13.5. The van der Waals surface area contributed by atoms with Crippen molar-refractivity contribution in [1.29, 1.82) is 0 Å². The Morgan fingerprint density at radius 1 is 1.33 bits per heavy atom. The molecule has 0 radical (unpaired) electrons. The second kappa shape index (κ2) is 6.24. The summed E-state index contributed by atoms with van der Waals surface area (Å²) in [6.45, 7) is 2.81. The highest BCUT2D eigenvalue weighted by Gasteiger charge is 2.46. The Labute approximate surface area is 171 Å². The number of carbonyl (C=O) groups is 2. The highest BCUT2D eigenvalue weighted by molar-refractivity contribution is 5.87. The lowest BCUT2D eigenvalue weighted by atomic mass is 9.86. The summed E-state index contributed by atoms with van der Waals surface area (Å²) in [5.74, 6) is -1.07. The Bertz CT molecular complexity index is 1310. The minimum Gasteiger partial charge on any atom is -0.458 e. The van der Waals surface area contributed by atoms with Crippen molar-refractivity contribution in [2.75, 3.05) is 0 Å². The van der Waals surface area contributed by atoms with Crippen molar-refractivity contribution >= 4 is 22.8 Å². The highest BCUT2D eigenvalue weighted by atomic mass is 16.6.